The van der Waals surface area contributed by atoms with Crippen LogP contribution in [0.5, 0.6) is 0 Å². The summed E-state index contributed by atoms with van der Waals surface area (Å²) < 4.78 is 0. The van der Waals surface area contributed by atoms with E-state index in [0.717, 1.165) is 5.75 Å². The molecule has 0 radical (unpaired) electrons. The molecule has 1 aromatic heterocycles. The lowest BCUT2D eigenvalue weighted by Gasteiger charge is -2.15. The van der Waals surface area contributed by atoms with Crippen molar-refractivity contribution in [2.75, 3.05) is 17.4 Å². The van der Waals surface area contributed by atoms with Crippen LogP contribution in [0.15, 0.2) is 6.20 Å². The van der Waals surface area contributed by atoms with Gasteiger partial charge in [-0.05, 0) is 13.2 Å². The molecule has 1 atom stereocenters. The molecule has 0 aliphatic rings. The number of aromatic nitrogens is 2. The van der Waals surface area contributed by atoms with E-state index in [4.69, 9.17) is 5.84 Å². The molecule has 0 fully saturated rings. The van der Waals surface area contributed by atoms with Gasteiger partial charge in [-0.2, -0.15) is 11.8 Å². The molecule has 6 nitrogen and oxygen atoms in total. The fraction of sp³-hybridized carbons (Fsp3) is 0.583. The molecule has 0 aromatic carbocycles. The monoisotopic (exact) mass is 283 g/mol. The van der Waals surface area contributed by atoms with Gasteiger partial charge in [0.25, 0.3) is 5.91 Å². The number of carbonyl (C=O) groups excluding carboxylic acids is 1. The van der Waals surface area contributed by atoms with Crippen molar-refractivity contribution in [2.24, 2.45) is 5.84 Å². The standard InChI is InChI=1S/C12H21N5OS/c1-7(2)11-14-5-9(17-13)10(16-11)12(18)15-8(3)6-19-4/h5,7-8,17H,6,13H2,1-4H3,(H,15,18). The first kappa shape index (κ1) is 15.7. The van der Waals surface area contributed by atoms with Crippen molar-refractivity contribution in [3.8, 4) is 0 Å². The number of nitrogens with zero attached hydrogens (tertiary/aromatic N) is 2. The van der Waals surface area contributed by atoms with Crippen molar-refractivity contribution < 1.29 is 4.79 Å². The first-order valence-corrected chi connectivity index (χ1v) is 7.52. The van der Waals surface area contributed by atoms with E-state index < -0.39 is 0 Å². The van der Waals surface area contributed by atoms with E-state index in [1.165, 1.54) is 6.20 Å². The number of rotatable bonds is 6. The molecule has 1 aromatic rings. The highest BCUT2D eigenvalue weighted by molar-refractivity contribution is 7.98. The minimum absolute atomic E-state index is 0.0746. The molecule has 1 rings (SSSR count). The predicted molar refractivity (Wildman–Crippen MR) is 79.2 cm³/mol. The van der Waals surface area contributed by atoms with Gasteiger partial charge < -0.3 is 10.7 Å². The molecule has 19 heavy (non-hydrogen) atoms. The zero-order valence-electron chi connectivity index (χ0n) is 11.7. The Balaban J connectivity index is 2.96. The number of nitrogens with one attached hydrogen (secondary N) is 2. The molecule has 0 bridgehead atoms. The molecule has 7 heteroatoms. The van der Waals surface area contributed by atoms with Crippen molar-refractivity contribution in [3.63, 3.8) is 0 Å². The summed E-state index contributed by atoms with van der Waals surface area (Å²) >= 11 is 1.68. The summed E-state index contributed by atoms with van der Waals surface area (Å²) in [5.74, 6) is 6.78. The second kappa shape index (κ2) is 7.30. The molecule has 1 heterocycles. The highest BCUT2D eigenvalue weighted by atomic mass is 32.2. The molecule has 0 aliphatic carbocycles. The topological polar surface area (TPSA) is 92.9 Å². The molecule has 1 amide bonds. The lowest BCUT2D eigenvalue weighted by molar-refractivity contribution is 0.0939. The number of anilines is 1. The van der Waals surface area contributed by atoms with Gasteiger partial charge in [-0.1, -0.05) is 13.8 Å². The van der Waals surface area contributed by atoms with Crippen molar-refractivity contribution in [2.45, 2.75) is 32.7 Å². The fourth-order valence-corrected chi connectivity index (χ4v) is 2.12. The van der Waals surface area contributed by atoms with Crippen molar-refractivity contribution in [1.82, 2.24) is 15.3 Å². The van der Waals surface area contributed by atoms with E-state index in [9.17, 15) is 4.79 Å². The highest BCUT2D eigenvalue weighted by Crippen LogP contribution is 2.15. The van der Waals surface area contributed by atoms with Crippen LogP contribution in [0.25, 0.3) is 0 Å². The summed E-state index contributed by atoms with van der Waals surface area (Å²) in [5.41, 5.74) is 3.17. The Labute approximate surface area is 117 Å². The summed E-state index contributed by atoms with van der Waals surface area (Å²) in [5, 5.41) is 2.89. The quantitative estimate of drug-likeness (QED) is 0.539. The first-order chi connectivity index (χ1) is 8.99. The number of amides is 1. The molecular formula is C12H21N5OS. The van der Waals surface area contributed by atoms with Crippen LogP contribution in [0.2, 0.25) is 0 Å². The number of hydrogen-bond donors (Lipinski definition) is 3. The van der Waals surface area contributed by atoms with E-state index >= 15 is 0 Å². The van der Waals surface area contributed by atoms with Gasteiger partial charge >= 0.3 is 0 Å². The number of nitrogens with two attached hydrogens (primary N) is 1. The third-order valence-electron chi connectivity index (χ3n) is 2.49. The third kappa shape index (κ3) is 4.36. The average molecular weight is 283 g/mol. The molecular weight excluding hydrogens is 262 g/mol. The fourth-order valence-electron chi connectivity index (χ4n) is 1.54. The van der Waals surface area contributed by atoms with E-state index in [0.29, 0.717) is 11.5 Å². The lowest BCUT2D eigenvalue weighted by Crippen LogP contribution is -2.35. The van der Waals surface area contributed by atoms with Gasteiger partial charge in [0.1, 0.15) is 5.82 Å². The summed E-state index contributed by atoms with van der Waals surface area (Å²) in [4.78, 5) is 20.6. The van der Waals surface area contributed by atoms with Gasteiger partial charge in [-0.25, -0.2) is 9.97 Å². The summed E-state index contributed by atoms with van der Waals surface area (Å²) in [6.07, 6.45) is 3.54. The van der Waals surface area contributed by atoms with Crippen LogP contribution in [0.4, 0.5) is 5.69 Å². The van der Waals surface area contributed by atoms with E-state index in [1.54, 1.807) is 11.8 Å². The first-order valence-electron chi connectivity index (χ1n) is 6.13. The van der Waals surface area contributed by atoms with Crippen molar-refractivity contribution >= 4 is 23.4 Å². The van der Waals surface area contributed by atoms with Crippen LogP contribution in [-0.4, -0.2) is 33.9 Å². The average Bonchev–Trinajstić information content (AvgIpc) is 2.37. The van der Waals surface area contributed by atoms with Crippen LogP contribution < -0.4 is 16.6 Å². The molecule has 106 valence electrons. The maximum absolute atomic E-state index is 12.2. The zero-order valence-corrected chi connectivity index (χ0v) is 12.5. The van der Waals surface area contributed by atoms with Crippen LogP contribution in [-0.2, 0) is 0 Å². The normalized spacial score (nSPS) is 12.3. The zero-order chi connectivity index (χ0) is 14.4. The van der Waals surface area contributed by atoms with Crippen LogP contribution in [0.3, 0.4) is 0 Å². The van der Waals surface area contributed by atoms with Crippen LogP contribution in [0.1, 0.15) is 43.0 Å². The van der Waals surface area contributed by atoms with Gasteiger partial charge in [-0.15, -0.1) is 0 Å². The van der Waals surface area contributed by atoms with Crippen LogP contribution >= 0.6 is 11.8 Å². The van der Waals surface area contributed by atoms with Crippen molar-refractivity contribution in [3.05, 3.63) is 17.7 Å². The number of hydrogen-bond acceptors (Lipinski definition) is 6. The Morgan fingerprint density at radius 2 is 2.16 bits per heavy atom. The van der Waals surface area contributed by atoms with Crippen molar-refractivity contribution in [1.29, 1.82) is 0 Å². The molecule has 0 saturated carbocycles. The van der Waals surface area contributed by atoms with Crippen LogP contribution in [0, 0.1) is 0 Å². The lowest BCUT2D eigenvalue weighted by atomic mass is 10.2. The van der Waals surface area contributed by atoms with Gasteiger partial charge in [0.2, 0.25) is 0 Å². The van der Waals surface area contributed by atoms with Gasteiger partial charge in [0, 0.05) is 17.7 Å². The smallest absolute Gasteiger partial charge is 0.272 e. The molecule has 4 N–H and O–H groups in total. The van der Waals surface area contributed by atoms with Gasteiger partial charge in [0.15, 0.2) is 5.69 Å². The minimum Gasteiger partial charge on any atom is -0.347 e. The Morgan fingerprint density at radius 3 is 2.68 bits per heavy atom. The summed E-state index contributed by atoms with van der Waals surface area (Å²) in [6, 6.07) is 0.0746. The van der Waals surface area contributed by atoms with Gasteiger partial charge in [0.05, 0.1) is 11.9 Å². The second-order valence-electron chi connectivity index (χ2n) is 4.62. The van der Waals surface area contributed by atoms with E-state index in [2.05, 4.69) is 20.7 Å². The van der Waals surface area contributed by atoms with Gasteiger partial charge in [-0.3, -0.25) is 10.6 Å². The number of hydrazine groups is 1. The molecule has 0 saturated heterocycles. The van der Waals surface area contributed by atoms with E-state index in [-0.39, 0.29) is 23.6 Å². The molecule has 1 unspecified atom stereocenters. The predicted octanol–water partition coefficient (Wildman–Crippen LogP) is 1.37. The number of nitrogen functional groups attached to an aromatic ring is 1. The third-order valence-corrected chi connectivity index (χ3v) is 3.32. The number of carbonyl (C=O) groups is 1. The molecule has 0 aliphatic heterocycles. The largest absolute Gasteiger partial charge is 0.347 e. The Bertz CT molecular complexity index is 438. The Morgan fingerprint density at radius 1 is 1.47 bits per heavy atom. The summed E-state index contributed by atoms with van der Waals surface area (Å²) in [6.45, 7) is 5.90. The Hall–Kier alpha value is -1.34. The summed E-state index contributed by atoms with van der Waals surface area (Å²) in [7, 11) is 0. The second-order valence-corrected chi connectivity index (χ2v) is 5.53. The highest BCUT2D eigenvalue weighted by Gasteiger charge is 2.17. The van der Waals surface area contributed by atoms with E-state index in [1.807, 2.05) is 27.0 Å². The maximum atomic E-state index is 12.2. The molecule has 0 spiro atoms. The number of thioether (sulfide) groups is 1. The minimum atomic E-state index is -0.237. The Kier molecular flexibility index (Phi) is 6.04. The SMILES string of the molecule is CSCC(C)NC(=O)c1nc(C(C)C)ncc1NN. The maximum Gasteiger partial charge on any atom is 0.272 e.